The highest BCUT2D eigenvalue weighted by molar-refractivity contribution is 7.89. The molecular formula is C24H23ClF3N5O4S. The predicted molar refractivity (Wildman–Crippen MR) is 134 cm³/mol. The first-order valence-corrected chi connectivity index (χ1v) is 13.4. The topological polar surface area (TPSA) is 113 Å². The molecule has 0 bridgehead atoms. The number of carbonyl (C=O) groups is 2. The van der Waals surface area contributed by atoms with Gasteiger partial charge in [-0.2, -0.15) is 18.3 Å². The lowest BCUT2D eigenvalue weighted by atomic mass is 10.2. The minimum Gasteiger partial charge on any atom is -0.343 e. The minimum atomic E-state index is -4.92. The van der Waals surface area contributed by atoms with Crippen molar-refractivity contribution in [3.8, 4) is 5.69 Å². The molecule has 4 rings (SSSR count). The van der Waals surface area contributed by atoms with Crippen LogP contribution in [0.1, 0.15) is 35.3 Å². The first-order valence-electron chi connectivity index (χ1n) is 11.6. The maximum atomic E-state index is 13.9. The molecule has 1 aliphatic heterocycles. The maximum Gasteiger partial charge on any atom is 0.434 e. The summed E-state index contributed by atoms with van der Waals surface area (Å²) < 4.78 is 70.2. The van der Waals surface area contributed by atoms with Gasteiger partial charge in [0.2, 0.25) is 15.9 Å². The van der Waals surface area contributed by atoms with Crippen molar-refractivity contribution in [2.75, 3.05) is 25.0 Å². The largest absolute Gasteiger partial charge is 0.434 e. The zero-order valence-electron chi connectivity index (χ0n) is 19.8. The van der Waals surface area contributed by atoms with Gasteiger partial charge in [-0.1, -0.05) is 17.7 Å². The SMILES string of the molecule is O=C(Nc1cccc(S(=O)(=O)NCCCN2CCCC2=O)c1)c1cnn(-c2ccc(Cl)cc2)c1C(F)(F)F. The van der Waals surface area contributed by atoms with Gasteiger partial charge in [0, 0.05) is 36.8 Å². The van der Waals surface area contributed by atoms with Crippen LogP contribution in [0.4, 0.5) is 18.9 Å². The number of anilines is 1. The lowest BCUT2D eigenvalue weighted by molar-refractivity contribution is -0.143. The van der Waals surface area contributed by atoms with Crippen LogP contribution in [0.5, 0.6) is 0 Å². The Morgan fingerprint density at radius 3 is 2.53 bits per heavy atom. The highest BCUT2D eigenvalue weighted by Crippen LogP contribution is 2.34. The van der Waals surface area contributed by atoms with Gasteiger partial charge >= 0.3 is 6.18 Å². The molecule has 1 aliphatic rings. The molecule has 38 heavy (non-hydrogen) atoms. The van der Waals surface area contributed by atoms with E-state index >= 15 is 0 Å². The highest BCUT2D eigenvalue weighted by Gasteiger charge is 2.40. The molecule has 0 atom stereocenters. The van der Waals surface area contributed by atoms with Crippen LogP contribution < -0.4 is 10.0 Å². The van der Waals surface area contributed by atoms with E-state index in [9.17, 15) is 31.2 Å². The number of hydrogen-bond donors (Lipinski definition) is 2. The molecule has 0 aliphatic carbocycles. The maximum absolute atomic E-state index is 13.9. The van der Waals surface area contributed by atoms with Crippen LogP contribution in [0.25, 0.3) is 5.69 Å². The van der Waals surface area contributed by atoms with E-state index in [-0.39, 0.29) is 28.7 Å². The number of sulfonamides is 1. The van der Waals surface area contributed by atoms with E-state index in [4.69, 9.17) is 11.6 Å². The van der Waals surface area contributed by atoms with E-state index in [0.29, 0.717) is 35.6 Å². The van der Waals surface area contributed by atoms with Gasteiger partial charge in [-0.3, -0.25) is 9.59 Å². The van der Waals surface area contributed by atoms with Gasteiger partial charge in [-0.05, 0) is 55.3 Å². The molecule has 0 saturated carbocycles. The summed E-state index contributed by atoms with van der Waals surface area (Å²) in [6, 6.07) is 10.6. The molecule has 2 aromatic carbocycles. The summed E-state index contributed by atoms with van der Waals surface area (Å²) in [6.07, 6.45) is -2.43. The van der Waals surface area contributed by atoms with Gasteiger partial charge in [-0.15, -0.1) is 0 Å². The van der Waals surface area contributed by atoms with E-state index in [1.807, 2.05) is 0 Å². The zero-order valence-corrected chi connectivity index (χ0v) is 21.4. The van der Waals surface area contributed by atoms with Crippen molar-refractivity contribution in [1.29, 1.82) is 0 Å². The highest BCUT2D eigenvalue weighted by atomic mass is 35.5. The third kappa shape index (κ3) is 6.34. The first kappa shape index (κ1) is 27.6. The van der Waals surface area contributed by atoms with Crippen LogP contribution in [-0.4, -0.2) is 54.5 Å². The second kappa shape index (κ2) is 11.1. The summed E-state index contributed by atoms with van der Waals surface area (Å²) >= 11 is 5.81. The Kier molecular flexibility index (Phi) is 8.09. The Labute approximate surface area is 221 Å². The molecule has 202 valence electrons. The normalized spacial score (nSPS) is 14.2. The fourth-order valence-corrected chi connectivity index (χ4v) is 5.25. The van der Waals surface area contributed by atoms with Crippen molar-refractivity contribution in [2.24, 2.45) is 0 Å². The molecular weight excluding hydrogens is 547 g/mol. The quantitative estimate of drug-likeness (QED) is 0.377. The Morgan fingerprint density at radius 1 is 1.13 bits per heavy atom. The van der Waals surface area contributed by atoms with Crippen molar-refractivity contribution in [2.45, 2.75) is 30.3 Å². The summed E-state index contributed by atoms with van der Waals surface area (Å²) in [5.74, 6) is -1.07. The Morgan fingerprint density at radius 2 is 1.87 bits per heavy atom. The number of amides is 2. The van der Waals surface area contributed by atoms with E-state index < -0.39 is 33.4 Å². The average Bonchev–Trinajstić information content (AvgIpc) is 3.49. The van der Waals surface area contributed by atoms with Crippen LogP contribution in [0.2, 0.25) is 5.02 Å². The Bertz CT molecular complexity index is 1440. The molecule has 2 heterocycles. The van der Waals surface area contributed by atoms with Crippen molar-refractivity contribution < 1.29 is 31.2 Å². The van der Waals surface area contributed by atoms with Crippen LogP contribution >= 0.6 is 11.6 Å². The summed E-state index contributed by atoms with van der Waals surface area (Å²) in [7, 11) is -3.97. The monoisotopic (exact) mass is 569 g/mol. The fraction of sp³-hybridized carbons (Fsp3) is 0.292. The number of nitrogens with zero attached hydrogens (tertiary/aromatic N) is 3. The molecule has 0 spiro atoms. The predicted octanol–water partition coefficient (Wildman–Crippen LogP) is 4.09. The zero-order chi connectivity index (χ0) is 27.5. The molecule has 3 aromatic rings. The summed E-state index contributed by atoms with van der Waals surface area (Å²) in [4.78, 5) is 26.0. The van der Waals surface area contributed by atoms with Crippen molar-refractivity contribution >= 4 is 39.1 Å². The number of hydrogen-bond acceptors (Lipinski definition) is 5. The van der Waals surface area contributed by atoms with Gasteiger partial charge in [0.05, 0.1) is 22.3 Å². The number of rotatable bonds is 9. The molecule has 2 N–H and O–H groups in total. The third-order valence-corrected chi connectivity index (χ3v) is 7.53. The van der Waals surface area contributed by atoms with Gasteiger partial charge < -0.3 is 10.2 Å². The molecule has 1 fully saturated rings. The number of nitrogens with one attached hydrogen (secondary N) is 2. The lowest BCUT2D eigenvalue weighted by Gasteiger charge is -2.15. The van der Waals surface area contributed by atoms with Crippen molar-refractivity contribution in [3.63, 3.8) is 0 Å². The number of aromatic nitrogens is 2. The molecule has 14 heteroatoms. The summed E-state index contributed by atoms with van der Waals surface area (Å²) in [6.45, 7) is 1.17. The third-order valence-electron chi connectivity index (χ3n) is 5.82. The lowest BCUT2D eigenvalue weighted by Crippen LogP contribution is -2.30. The minimum absolute atomic E-state index is 0.0205. The van der Waals surface area contributed by atoms with Gasteiger partial charge in [0.25, 0.3) is 5.91 Å². The molecule has 1 saturated heterocycles. The van der Waals surface area contributed by atoms with Crippen molar-refractivity contribution in [3.05, 3.63) is 71.0 Å². The Hall–Kier alpha value is -3.42. The second-order valence-corrected chi connectivity index (χ2v) is 10.7. The van der Waals surface area contributed by atoms with Crippen LogP contribution in [-0.2, 0) is 21.0 Å². The first-order chi connectivity index (χ1) is 18.0. The standard InChI is InChI=1S/C24H23ClF3N5O4S/c25-16-7-9-18(10-8-16)33-22(24(26,27)28)20(15-29-33)23(35)31-17-4-1-5-19(14-17)38(36,37)30-11-3-13-32-12-2-6-21(32)34/h1,4-5,7-10,14-15,30H,2-3,6,11-13H2,(H,31,35). The van der Waals surface area contributed by atoms with Gasteiger partial charge in [0.15, 0.2) is 5.69 Å². The molecule has 1 aromatic heterocycles. The van der Waals surface area contributed by atoms with Gasteiger partial charge in [-0.25, -0.2) is 17.8 Å². The fourth-order valence-electron chi connectivity index (χ4n) is 4.01. The van der Waals surface area contributed by atoms with E-state index in [2.05, 4.69) is 15.1 Å². The Balaban J connectivity index is 1.47. The van der Waals surface area contributed by atoms with Crippen LogP contribution in [0.15, 0.2) is 59.6 Å². The van der Waals surface area contributed by atoms with Crippen LogP contribution in [0.3, 0.4) is 0 Å². The molecule has 9 nitrogen and oxygen atoms in total. The average molecular weight is 570 g/mol. The van der Waals surface area contributed by atoms with Crippen molar-refractivity contribution in [1.82, 2.24) is 19.4 Å². The number of likely N-dealkylation sites (tertiary alicyclic amines) is 1. The summed E-state index contributed by atoms with van der Waals surface area (Å²) in [5, 5.41) is 6.37. The molecule has 0 unspecified atom stereocenters. The van der Waals surface area contributed by atoms with Crippen LogP contribution in [0, 0.1) is 0 Å². The smallest absolute Gasteiger partial charge is 0.343 e. The number of halogens is 4. The van der Waals surface area contributed by atoms with E-state index in [0.717, 1.165) is 18.7 Å². The molecule has 2 amide bonds. The second-order valence-electron chi connectivity index (χ2n) is 8.51. The van der Waals surface area contributed by atoms with Gasteiger partial charge in [0.1, 0.15) is 0 Å². The molecule has 0 radical (unpaired) electrons. The van der Waals surface area contributed by atoms with E-state index in [1.54, 1.807) is 4.90 Å². The number of benzene rings is 2. The summed E-state index contributed by atoms with van der Waals surface area (Å²) in [5.41, 5.74) is -2.00. The number of carbonyl (C=O) groups excluding carboxylic acids is 2. The van der Waals surface area contributed by atoms with E-state index in [1.165, 1.54) is 42.5 Å². The number of alkyl halides is 3.